The molecule has 2 rings (SSSR count). The lowest BCUT2D eigenvalue weighted by Gasteiger charge is -2.15. The Bertz CT molecular complexity index is 825. The Morgan fingerprint density at radius 3 is 2.00 bits per heavy atom. The van der Waals surface area contributed by atoms with E-state index in [1.165, 1.54) is 6.26 Å². The van der Waals surface area contributed by atoms with Crippen molar-refractivity contribution in [1.82, 2.24) is 5.32 Å². The van der Waals surface area contributed by atoms with Crippen molar-refractivity contribution in [1.29, 1.82) is 0 Å². The van der Waals surface area contributed by atoms with E-state index in [1.54, 1.807) is 48.5 Å². The van der Waals surface area contributed by atoms with Crippen LogP contribution < -0.4 is 10.1 Å². The zero-order chi connectivity index (χ0) is 18.6. The Labute approximate surface area is 148 Å². The van der Waals surface area contributed by atoms with Gasteiger partial charge in [-0.05, 0) is 62.7 Å². The van der Waals surface area contributed by atoms with E-state index in [0.717, 1.165) is 11.3 Å². The van der Waals surface area contributed by atoms with Crippen molar-refractivity contribution in [3.05, 3.63) is 59.7 Å². The summed E-state index contributed by atoms with van der Waals surface area (Å²) < 4.78 is 28.5. The maximum Gasteiger partial charge on any atom is 0.251 e. The lowest BCUT2D eigenvalue weighted by atomic mass is 10.1. The summed E-state index contributed by atoms with van der Waals surface area (Å²) in [5.74, 6) is 0.520. The first kappa shape index (κ1) is 19.0. The van der Waals surface area contributed by atoms with Gasteiger partial charge in [-0.2, -0.15) is 0 Å². The topological polar surface area (TPSA) is 72.5 Å². The first-order valence-corrected chi connectivity index (χ1v) is 9.93. The minimum atomic E-state index is -3.22. The molecule has 0 saturated heterocycles. The molecule has 2 aromatic carbocycles. The van der Waals surface area contributed by atoms with E-state index in [9.17, 15) is 13.2 Å². The van der Waals surface area contributed by atoms with Crippen molar-refractivity contribution >= 4 is 15.7 Å². The highest BCUT2D eigenvalue weighted by Crippen LogP contribution is 2.18. The normalized spacial score (nSPS) is 12.7. The van der Waals surface area contributed by atoms with Crippen molar-refractivity contribution < 1.29 is 17.9 Å². The molecule has 0 spiro atoms. The van der Waals surface area contributed by atoms with Gasteiger partial charge in [0.1, 0.15) is 5.75 Å². The van der Waals surface area contributed by atoms with Crippen LogP contribution in [0.5, 0.6) is 5.75 Å². The number of nitrogens with one attached hydrogen (secondary N) is 1. The third kappa shape index (κ3) is 5.32. The van der Waals surface area contributed by atoms with Gasteiger partial charge in [0.25, 0.3) is 5.91 Å². The minimum Gasteiger partial charge on any atom is -0.491 e. The van der Waals surface area contributed by atoms with Gasteiger partial charge in [0, 0.05) is 11.8 Å². The number of sulfone groups is 1. The molecule has 0 aliphatic rings. The van der Waals surface area contributed by atoms with E-state index in [-0.39, 0.29) is 22.9 Å². The average molecular weight is 361 g/mol. The van der Waals surface area contributed by atoms with Gasteiger partial charge in [-0.1, -0.05) is 12.1 Å². The SMILES string of the molecule is CC(C)Oc1ccc(C(=O)N[C@@H](C)c2ccc(S(C)(=O)=O)cc2)cc1. The van der Waals surface area contributed by atoms with Crippen molar-refractivity contribution in [2.75, 3.05) is 6.26 Å². The number of hydrogen-bond acceptors (Lipinski definition) is 4. The van der Waals surface area contributed by atoms with Crippen LogP contribution in [0.4, 0.5) is 0 Å². The summed E-state index contributed by atoms with van der Waals surface area (Å²) >= 11 is 0. The van der Waals surface area contributed by atoms with Crippen LogP contribution in [0.1, 0.15) is 42.7 Å². The molecule has 1 N–H and O–H groups in total. The molecule has 0 bridgehead atoms. The maximum atomic E-state index is 12.3. The molecule has 1 atom stereocenters. The second kappa shape index (κ2) is 7.70. The Kier molecular flexibility index (Phi) is 5.85. The molecule has 0 aliphatic carbocycles. The molecule has 0 saturated carbocycles. The highest BCUT2D eigenvalue weighted by molar-refractivity contribution is 7.90. The van der Waals surface area contributed by atoms with Gasteiger partial charge in [0.2, 0.25) is 0 Å². The number of rotatable bonds is 6. The fourth-order valence-electron chi connectivity index (χ4n) is 2.32. The van der Waals surface area contributed by atoms with Crippen LogP contribution in [0.25, 0.3) is 0 Å². The average Bonchev–Trinajstić information content (AvgIpc) is 2.54. The van der Waals surface area contributed by atoms with Gasteiger partial charge in [0.15, 0.2) is 9.84 Å². The van der Waals surface area contributed by atoms with Gasteiger partial charge in [-0.15, -0.1) is 0 Å². The number of ether oxygens (including phenoxy) is 1. The van der Waals surface area contributed by atoms with E-state index in [4.69, 9.17) is 4.74 Å². The molecule has 1 amide bonds. The zero-order valence-electron chi connectivity index (χ0n) is 14.8. The van der Waals surface area contributed by atoms with E-state index in [2.05, 4.69) is 5.32 Å². The molecule has 0 aliphatic heterocycles. The minimum absolute atomic E-state index is 0.0783. The van der Waals surface area contributed by atoms with Gasteiger partial charge in [-0.3, -0.25) is 4.79 Å². The summed E-state index contributed by atoms with van der Waals surface area (Å²) in [7, 11) is -3.22. The van der Waals surface area contributed by atoms with Crippen LogP contribution in [-0.4, -0.2) is 26.7 Å². The highest BCUT2D eigenvalue weighted by Gasteiger charge is 2.13. The summed E-state index contributed by atoms with van der Waals surface area (Å²) in [6, 6.07) is 13.2. The summed E-state index contributed by atoms with van der Waals surface area (Å²) in [4.78, 5) is 12.6. The molecular weight excluding hydrogens is 338 g/mol. The first-order valence-electron chi connectivity index (χ1n) is 8.04. The van der Waals surface area contributed by atoms with E-state index >= 15 is 0 Å². The molecule has 25 heavy (non-hydrogen) atoms. The van der Waals surface area contributed by atoms with Crippen molar-refractivity contribution in [2.24, 2.45) is 0 Å². The summed E-state index contributed by atoms with van der Waals surface area (Å²) in [5.41, 5.74) is 1.37. The maximum absolute atomic E-state index is 12.3. The lowest BCUT2D eigenvalue weighted by molar-refractivity contribution is 0.0940. The molecule has 6 heteroatoms. The smallest absolute Gasteiger partial charge is 0.251 e. The number of carbonyl (C=O) groups is 1. The van der Waals surface area contributed by atoms with Gasteiger partial charge < -0.3 is 10.1 Å². The van der Waals surface area contributed by atoms with Crippen LogP contribution >= 0.6 is 0 Å². The summed E-state index contributed by atoms with van der Waals surface area (Å²) in [6.07, 6.45) is 1.24. The fourth-order valence-corrected chi connectivity index (χ4v) is 2.95. The first-order chi connectivity index (χ1) is 11.7. The fraction of sp³-hybridized carbons (Fsp3) is 0.316. The second-order valence-electron chi connectivity index (χ2n) is 6.23. The standard InChI is InChI=1S/C19H23NO4S/c1-13(2)24-17-9-5-16(6-10-17)19(21)20-14(3)15-7-11-18(12-8-15)25(4,22)23/h5-14H,1-4H3,(H,20,21)/t14-/m0/s1. The highest BCUT2D eigenvalue weighted by atomic mass is 32.2. The van der Waals surface area contributed by atoms with Crippen molar-refractivity contribution in [3.8, 4) is 5.75 Å². The Hall–Kier alpha value is -2.34. The molecule has 0 fully saturated rings. The van der Waals surface area contributed by atoms with Gasteiger partial charge in [-0.25, -0.2) is 8.42 Å². The van der Waals surface area contributed by atoms with Crippen LogP contribution in [0.3, 0.4) is 0 Å². The number of benzene rings is 2. The number of carbonyl (C=O) groups excluding carboxylic acids is 1. The zero-order valence-corrected chi connectivity index (χ0v) is 15.6. The molecule has 5 nitrogen and oxygen atoms in total. The molecule has 0 radical (unpaired) electrons. The quantitative estimate of drug-likeness (QED) is 0.856. The van der Waals surface area contributed by atoms with E-state index in [1.807, 2.05) is 20.8 Å². The molecule has 0 unspecified atom stereocenters. The Morgan fingerprint density at radius 2 is 1.52 bits per heavy atom. The second-order valence-corrected chi connectivity index (χ2v) is 8.24. The molecule has 0 heterocycles. The van der Waals surface area contributed by atoms with Crippen LogP contribution in [0.15, 0.2) is 53.4 Å². The summed E-state index contributed by atoms with van der Waals surface area (Å²) in [6.45, 7) is 5.73. The van der Waals surface area contributed by atoms with Crippen LogP contribution in [0, 0.1) is 0 Å². The van der Waals surface area contributed by atoms with E-state index in [0.29, 0.717) is 5.56 Å². The monoisotopic (exact) mass is 361 g/mol. The van der Waals surface area contributed by atoms with Gasteiger partial charge >= 0.3 is 0 Å². The van der Waals surface area contributed by atoms with Gasteiger partial charge in [0.05, 0.1) is 17.0 Å². The molecule has 0 aromatic heterocycles. The predicted octanol–water partition coefficient (Wildman–Crippen LogP) is 3.37. The van der Waals surface area contributed by atoms with Crippen LogP contribution in [0.2, 0.25) is 0 Å². The van der Waals surface area contributed by atoms with Crippen LogP contribution in [-0.2, 0) is 9.84 Å². The Balaban J connectivity index is 2.04. The summed E-state index contributed by atoms with van der Waals surface area (Å²) in [5, 5.41) is 2.90. The molecule has 134 valence electrons. The predicted molar refractivity (Wildman–Crippen MR) is 97.6 cm³/mol. The molecule has 2 aromatic rings. The largest absolute Gasteiger partial charge is 0.491 e. The van der Waals surface area contributed by atoms with E-state index < -0.39 is 9.84 Å². The van der Waals surface area contributed by atoms with Crippen molar-refractivity contribution in [3.63, 3.8) is 0 Å². The van der Waals surface area contributed by atoms with Crippen molar-refractivity contribution in [2.45, 2.75) is 37.8 Å². The Morgan fingerprint density at radius 1 is 0.960 bits per heavy atom. The number of hydrogen-bond donors (Lipinski definition) is 1. The lowest BCUT2D eigenvalue weighted by Crippen LogP contribution is -2.26. The molecular formula is C19H23NO4S. The third-order valence-corrected chi connectivity index (χ3v) is 4.77. The third-order valence-electron chi connectivity index (χ3n) is 3.64. The number of amides is 1.